The highest BCUT2D eigenvalue weighted by Crippen LogP contribution is 2.26. The van der Waals surface area contributed by atoms with Gasteiger partial charge < -0.3 is 20.3 Å². The number of nitrogens with zero attached hydrogens (tertiary/aromatic N) is 3. The fraction of sp³-hybridized carbons (Fsp3) is 0.545. The summed E-state index contributed by atoms with van der Waals surface area (Å²) < 4.78 is 5.45. The summed E-state index contributed by atoms with van der Waals surface area (Å²) in [6.07, 6.45) is 5.66. The molecule has 1 aliphatic rings. The molecule has 0 amide bonds. The highest BCUT2D eigenvalue weighted by molar-refractivity contribution is 5.85. The summed E-state index contributed by atoms with van der Waals surface area (Å²) in [5, 5.41) is 6.79. The fourth-order valence-electron chi connectivity index (χ4n) is 3.63. The highest BCUT2D eigenvalue weighted by atomic mass is 35.5. The van der Waals surface area contributed by atoms with Crippen molar-refractivity contribution in [2.45, 2.75) is 52.0 Å². The summed E-state index contributed by atoms with van der Waals surface area (Å²) in [6.45, 7) is 6.28. The Morgan fingerprint density at radius 3 is 2.70 bits per heavy atom. The van der Waals surface area contributed by atoms with Crippen LogP contribution in [0, 0.1) is 6.92 Å². The second-order valence-corrected chi connectivity index (χ2v) is 7.53. The molecule has 30 heavy (non-hydrogen) atoms. The molecule has 1 fully saturated rings. The van der Waals surface area contributed by atoms with E-state index in [0.717, 1.165) is 60.9 Å². The van der Waals surface area contributed by atoms with Crippen LogP contribution in [0.5, 0.6) is 5.75 Å². The largest absolute Gasteiger partial charge is 0.496 e. The van der Waals surface area contributed by atoms with Crippen molar-refractivity contribution in [2.24, 2.45) is 0 Å². The van der Waals surface area contributed by atoms with E-state index in [1.165, 1.54) is 12.8 Å². The van der Waals surface area contributed by atoms with Gasteiger partial charge in [0.25, 0.3) is 0 Å². The summed E-state index contributed by atoms with van der Waals surface area (Å²) in [5.74, 6) is 2.53. The molecule has 0 radical (unpaired) electrons. The molecular formula is C22H35Cl2N5O. The Hall–Kier alpha value is -1.76. The minimum Gasteiger partial charge on any atom is -0.496 e. The Balaban J connectivity index is 0.00000225. The maximum absolute atomic E-state index is 5.45. The van der Waals surface area contributed by atoms with Crippen LogP contribution >= 0.6 is 24.8 Å². The number of ether oxygens (including phenoxy) is 1. The van der Waals surface area contributed by atoms with Crippen LogP contribution in [0.3, 0.4) is 0 Å². The Morgan fingerprint density at radius 1 is 1.20 bits per heavy atom. The molecule has 2 heterocycles. The zero-order valence-electron chi connectivity index (χ0n) is 18.4. The van der Waals surface area contributed by atoms with Gasteiger partial charge in [0.2, 0.25) is 5.95 Å². The molecule has 1 aliphatic heterocycles. The summed E-state index contributed by atoms with van der Waals surface area (Å²) in [4.78, 5) is 12.0. The van der Waals surface area contributed by atoms with Crippen LogP contribution in [-0.2, 0) is 6.42 Å². The number of halogens is 2. The number of methoxy groups -OCH3 is 1. The molecule has 2 aromatic rings. The molecule has 1 aromatic carbocycles. The van der Waals surface area contributed by atoms with Gasteiger partial charge in [-0.25, -0.2) is 4.98 Å². The summed E-state index contributed by atoms with van der Waals surface area (Å²) in [5.41, 5.74) is 3.14. The second-order valence-electron chi connectivity index (χ2n) is 7.53. The third kappa shape index (κ3) is 6.89. The summed E-state index contributed by atoms with van der Waals surface area (Å²) >= 11 is 0. The number of benzene rings is 1. The van der Waals surface area contributed by atoms with Gasteiger partial charge in [-0.3, -0.25) is 0 Å². The fourth-order valence-corrected chi connectivity index (χ4v) is 3.63. The monoisotopic (exact) mass is 455 g/mol. The Morgan fingerprint density at radius 2 is 2.00 bits per heavy atom. The lowest BCUT2D eigenvalue weighted by atomic mass is 10.1. The first kappa shape index (κ1) is 26.3. The molecule has 3 rings (SSSR count). The number of hydrogen-bond donors (Lipinski definition) is 2. The summed E-state index contributed by atoms with van der Waals surface area (Å²) in [6, 6.07) is 8.76. The van der Waals surface area contributed by atoms with E-state index in [0.29, 0.717) is 12.0 Å². The maximum Gasteiger partial charge on any atom is 0.229 e. The average Bonchev–Trinajstić information content (AvgIpc) is 2.73. The molecule has 1 aromatic heterocycles. The first-order valence-electron chi connectivity index (χ1n) is 10.3. The van der Waals surface area contributed by atoms with E-state index in [1.807, 2.05) is 32.2 Å². The molecule has 0 aliphatic carbocycles. The third-order valence-corrected chi connectivity index (χ3v) is 5.37. The molecule has 1 atom stereocenters. The number of nitrogens with one attached hydrogen (secondary N) is 2. The van der Waals surface area contributed by atoms with Crippen molar-refractivity contribution in [3.8, 4) is 5.75 Å². The summed E-state index contributed by atoms with van der Waals surface area (Å²) in [7, 11) is 3.74. The lowest BCUT2D eigenvalue weighted by Crippen LogP contribution is -2.44. The zero-order valence-corrected chi connectivity index (χ0v) is 20.0. The quantitative estimate of drug-likeness (QED) is 0.589. The van der Waals surface area contributed by atoms with Crippen molar-refractivity contribution in [1.82, 2.24) is 15.3 Å². The molecule has 0 spiro atoms. The van der Waals surface area contributed by atoms with E-state index in [1.54, 1.807) is 7.11 Å². The smallest absolute Gasteiger partial charge is 0.229 e. The highest BCUT2D eigenvalue weighted by Gasteiger charge is 2.20. The molecule has 168 valence electrons. The van der Waals surface area contributed by atoms with Crippen molar-refractivity contribution in [1.29, 1.82) is 0 Å². The minimum absolute atomic E-state index is 0. The van der Waals surface area contributed by atoms with Gasteiger partial charge in [0.05, 0.1) is 7.11 Å². The molecule has 8 heteroatoms. The number of hydrogen-bond acceptors (Lipinski definition) is 6. The van der Waals surface area contributed by atoms with Gasteiger partial charge in [0, 0.05) is 42.6 Å². The van der Waals surface area contributed by atoms with Crippen molar-refractivity contribution >= 4 is 42.3 Å². The number of piperidine rings is 1. The molecule has 1 unspecified atom stereocenters. The normalized spacial score (nSPS) is 15.7. The van der Waals surface area contributed by atoms with E-state index in [-0.39, 0.29) is 24.8 Å². The van der Waals surface area contributed by atoms with Crippen molar-refractivity contribution in [3.05, 3.63) is 35.5 Å². The van der Waals surface area contributed by atoms with Gasteiger partial charge in [-0.1, -0.05) is 19.4 Å². The van der Waals surface area contributed by atoms with Gasteiger partial charge >= 0.3 is 0 Å². The van der Waals surface area contributed by atoms with Crippen LogP contribution in [0.4, 0.5) is 17.5 Å². The van der Waals surface area contributed by atoms with Crippen LogP contribution < -0.4 is 20.3 Å². The minimum atomic E-state index is 0. The van der Waals surface area contributed by atoms with Crippen molar-refractivity contribution in [2.75, 3.05) is 37.5 Å². The van der Waals surface area contributed by atoms with Gasteiger partial charge in [-0.15, -0.1) is 24.8 Å². The number of aromatic nitrogens is 2. The van der Waals surface area contributed by atoms with E-state index >= 15 is 0 Å². The van der Waals surface area contributed by atoms with Crippen LogP contribution in [0.2, 0.25) is 0 Å². The lowest BCUT2D eigenvalue weighted by Gasteiger charge is -2.33. The van der Waals surface area contributed by atoms with E-state index in [2.05, 4.69) is 28.5 Å². The second kappa shape index (κ2) is 12.8. The number of rotatable bonds is 8. The Labute approximate surface area is 193 Å². The number of unbranched alkanes of at least 4 members (excludes halogenated alkanes) is 1. The SMILES string of the molecule is CCCCc1cc(N2CCCC(NC)C2)nc(Nc2ccc(C)c(OC)c2)n1.Cl.Cl. The molecule has 1 saturated heterocycles. The third-order valence-electron chi connectivity index (χ3n) is 5.37. The Bertz CT molecular complexity index is 790. The van der Waals surface area contributed by atoms with Crippen molar-refractivity contribution in [3.63, 3.8) is 0 Å². The molecule has 0 bridgehead atoms. The predicted molar refractivity (Wildman–Crippen MR) is 130 cm³/mol. The maximum atomic E-state index is 5.45. The predicted octanol–water partition coefficient (Wildman–Crippen LogP) is 4.91. The number of anilines is 3. The molecule has 2 N–H and O–H groups in total. The van der Waals surface area contributed by atoms with Crippen molar-refractivity contribution < 1.29 is 4.74 Å². The zero-order chi connectivity index (χ0) is 19.9. The number of aryl methyl sites for hydroxylation is 2. The molecule has 6 nitrogen and oxygen atoms in total. The van der Waals surface area contributed by atoms with Crippen LogP contribution in [0.1, 0.15) is 43.9 Å². The van der Waals surface area contributed by atoms with E-state index < -0.39 is 0 Å². The van der Waals surface area contributed by atoms with Crippen LogP contribution in [-0.4, -0.2) is 43.3 Å². The van der Waals surface area contributed by atoms with Gasteiger partial charge in [-0.05, 0) is 51.3 Å². The molecule has 0 saturated carbocycles. The van der Waals surface area contributed by atoms with Gasteiger partial charge in [0.15, 0.2) is 0 Å². The van der Waals surface area contributed by atoms with Crippen LogP contribution in [0.15, 0.2) is 24.3 Å². The standard InChI is InChI=1S/C22H33N5O.2ClH/c1-5-6-8-17-14-21(27-12-7-9-19(15-27)23-3)26-22(24-17)25-18-11-10-16(2)20(13-18)28-4;;/h10-11,13-14,19,23H,5-9,12,15H2,1-4H3,(H,24,25,26);2*1H. The topological polar surface area (TPSA) is 62.3 Å². The Kier molecular flexibility index (Phi) is 11.2. The van der Waals surface area contributed by atoms with Gasteiger partial charge in [0.1, 0.15) is 11.6 Å². The van der Waals surface area contributed by atoms with E-state index in [9.17, 15) is 0 Å². The first-order chi connectivity index (χ1) is 13.6. The lowest BCUT2D eigenvalue weighted by molar-refractivity contribution is 0.412. The molecular weight excluding hydrogens is 421 g/mol. The van der Waals surface area contributed by atoms with Crippen LogP contribution in [0.25, 0.3) is 0 Å². The number of likely N-dealkylation sites (N-methyl/N-ethyl adjacent to an activating group) is 1. The van der Waals surface area contributed by atoms with E-state index in [4.69, 9.17) is 14.7 Å². The average molecular weight is 456 g/mol. The van der Waals surface area contributed by atoms with Gasteiger partial charge in [-0.2, -0.15) is 4.98 Å². The first-order valence-corrected chi connectivity index (χ1v) is 10.3.